The smallest absolute Gasteiger partial charge is 0.294 e. The van der Waals surface area contributed by atoms with Crippen molar-refractivity contribution >= 4 is 10.1 Å². The van der Waals surface area contributed by atoms with Gasteiger partial charge in [0.05, 0.1) is 6.61 Å². The molecule has 0 aromatic heterocycles. The van der Waals surface area contributed by atoms with Gasteiger partial charge >= 0.3 is 0 Å². The first-order chi connectivity index (χ1) is 4.48. The lowest BCUT2D eigenvalue weighted by molar-refractivity contribution is 0.144. The summed E-state index contributed by atoms with van der Waals surface area (Å²) < 4.78 is 27.3. The molecule has 1 atom stereocenters. The second kappa shape index (κ2) is 5.36. The van der Waals surface area contributed by atoms with Crippen LogP contribution in [0.1, 0.15) is 0 Å². The molecule has 0 aliphatic heterocycles. The minimum absolute atomic E-state index is 0.987. The van der Waals surface area contributed by atoms with Crippen LogP contribution in [-0.2, 0) is 10.1 Å². The molecule has 0 aromatic rings. The molecule has 5 nitrogen and oxygen atoms in total. The van der Waals surface area contributed by atoms with Crippen molar-refractivity contribution in [1.82, 2.24) is 0 Å². The third-order valence-electron chi connectivity index (χ3n) is 0.500. The predicted molar refractivity (Wildman–Crippen MR) is 35.9 cm³/mol. The maximum atomic E-state index is 9.71. The number of aliphatic hydroxyl groups excluding tert-OH is 2. The summed E-state index contributed by atoms with van der Waals surface area (Å²) in [5, 5.41) is 16.0. The van der Waals surface area contributed by atoms with Crippen LogP contribution in [-0.4, -0.2) is 35.2 Å². The van der Waals surface area contributed by atoms with Crippen LogP contribution >= 0.6 is 0 Å². The molecule has 0 heterocycles. The van der Waals surface area contributed by atoms with Crippen LogP contribution < -0.4 is 0 Å². The van der Waals surface area contributed by atoms with Gasteiger partial charge in [0.25, 0.3) is 10.1 Å². The predicted octanol–water partition coefficient (Wildman–Crippen LogP) is -1.01. The van der Waals surface area contributed by atoms with Gasteiger partial charge in [-0.3, -0.25) is 4.55 Å². The molecule has 0 saturated carbocycles. The summed E-state index contributed by atoms with van der Waals surface area (Å²) in [7, 11) is -4.45. The Bertz CT molecular complexity index is 160. The molecule has 0 amide bonds. The van der Waals surface area contributed by atoms with E-state index in [1.807, 2.05) is 0 Å². The lowest BCUT2D eigenvalue weighted by atomic mass is 10.8. The van der Waals surface area contributed by atoms with Crippen molar-refractivity contribution in [1.29, 1.82) is 0 Å². The number of hydrogen-bond donors (Lipinski definition) is 3. The average Bonchev–Trinajstić information content (AvgIpc) is 1.89. The second-order valence-corrected chi connectivity index (χ2v) is 2.73. The number of aliphatic hydroxyl groups is 2. The molecule has 0 aliphatic carbocycles. The molecule has 1 unspecified atom stereocenters. The van der Waals surface area contributed by atoms with Gasteiger partial charge in [0.15, 0.2) is 0 Å². The van der Waals surface area contributed by atoms with Crippen LogP contribution in [0.3, 0.4) is 0 Å². The van der Waals surface area contributed by atoms with Gasteiger partial charge in [0.2, 0.25) is 5.44 Å². The Morgan fingerprint density at radius 2 is 1.70 bits per heavy atom. The molecule has 3 N–H and O–H groups in total. The first-order valence-corrected chi connectivity index (χ1v) is 3.74. The average molecular weight is 170 g/mol. The van der Waals surface area contributed by atoms with E-state index in [4.69, 9.17) is 14.8 Å². The van der Waals surface area contributed by atoms with E-state index in [-0.39, 0.29) is 0 Å². The molecule has 0 saturated heterocycles. The van der Waals surface area contributed by atoms with Crippen LogP contribution in [0, 0.1) is 0 Å². The van der Waals surface area contributed by atoms with E-state index < -0.39 is 22.2 Å². The fraction of sp³-hybridized carbons (Fsp3) is 0.500. The van der Waals surface area contributed by atoms with Gasteiger partial charge in [-0.2, -0.15) is 8.42 Å². The van der Waals surface area contributed by atoms with Crippen LogP contribution in [0.4, 0.5) is 0 Å². The lowest BCUT2D eigenvalue weighted by Crippen LogP contribution is -2.23. The van der Waals surface area contributed by atoms with Crippen molar-refractivity contribution in [3.8, 4) is 0 Å². The highest BCUT2D eigenvalue weighted by molar-refractivity contribution is 7.86. The highest BCUT2D eigenvalue weighted by atomic mass is 32.2. The van der Waals surface area contributed by atoms with Gasteiger partial charge < -0.3 is 10.2 Å². The summed E-state index contributed by atoms with van der Waals surface area (Å²) in [6.07, 6.45) is 0. The van der Waals surface area contributed by atoms with Crippen molar-refractivity contribution in [3.05, 3.63) is 13.2 Å². The maximum absolute atomic E-state index is 9.71. The summed E-state index contributed by atoms with van der Waals surface area (Å²) in [4.78, 5) is 0. The first kappa shape index (κ1) is 12.3. The van der Waals surface area contributed by atoms with E-state index in [1.165, 1.54) is 0 Å². The fourth-order valence-electron chi connectivity index (χ4n) is 0.0942. The van der Waals surface area contributed by atoms with Crippen molar-refractivity contribution in [2.24, 2.45) is 0 Å². The third kappa shape index (κ3) is 5.70. The van der Waals surface area contributed by atoms with E-state index in [0.29, 0.717) is 0 Å². The molecule has 0 spiro atoms. The van der Waals surface area contributed by atoms with Crippen molar-refractivity contribution < 1.29 is 23.2 Å². The summed E-state index contributed by atoms with van der Waals surface area (Å²) in [5.74, 6) is 0. The minimum atomic E-state index is -4.45. The van der Waals surface area contributed by atoms with Gasteiger partial charge in [0.1, 0.15) is 0 Å². The molecule has 0 rings (SSSR count). The van der Waals surface area contributed by atoms with Gasteiger partial charge in [0, 0.05) is 0 Å². The third-order valence-corrected chi connectivity index (χ3v) is 1.34. The van der Waals surface area contributed by atoms with E-state index in [2.05, 4.69) is 13.2 Å². The summed E-state index contributed by atoms with van der Waals surface area (Å²) in [5.41, 5.74) is -2.07. The molecule has 62 valence electrons. The monoisotopic (exact) mass is 170 g/mol. The SMILES string of the molecule is C=C.O=S(=O)(O)C(O)CO. The standard InChI is InChI=1S/C2H6O5S.C2H4/c3-1-2(4)8(5,6)7;1-2/h2-4H,1H2,(H,5,6,7);1-2H2. The van der Waals surface area contributed by atoms with E-state index >= 15 is 0 Å². The van der Waals surface area contributed by atoms with Crippen molar-refractivity contribution in [2.45, 2.75) is 5.44 Å². The largest absolute Gasteiger partial charge is 0.392 e. The van der Waals surface area contributed by atoms with Crippen LogP contribution in [0.2, 0.25) is 0 Å². The van der Waals surface area contributed by atoms with Gasteiger partial charge in [-0.25, -0.2) is 0 Å². The maximum Gasteiger partial charge on any atom is 0.294 e. The first-order valence-electron chi connectivity index (χ1n) is 2.23. The topological polar surface area (TPSA) is 94.8 Å². The molecule has 0 fully saturated rings. The van der Waals surface area contributed by atoms with Crippen molar-refractivity contribution in [2.75, 3.05) is 6.61 Å². The fourth-order valence-corrected chi connectivity index (χ4v) is 0.283. The highest BCUT2D eigenvalue weighted by Crippen LogP contribution is 1.89. The number of hydrogen-bond acceptors (Lipinski definition) is 4. The molecule has 0 radical (unpaired) electrons. The normalized spacial score (nSPS) is 13.1. The summed E-state index contributed by atoms with van der Waals surface area (Å²) in [6, 6.07) is 0. The molecular formula is C4H10O5S. The molecule has 0 bridgehead atoms. The highest BCUT2D eigenvalue weighted by Gasteiger charge is 2.16. The Kier molecular flexibility index (Phi) is 6.58. The van der Waals surface area contributed by atoms with E-state index in [0.717, 1.165) is 0 Å². The number of rotatable bonds is 2. The van der Waals surface area contributed by atoms with Crippen LogP contribution in [0.5, 0.6) is 0 Å². The summed E-state index contributed by atoms with van der Waals surface area (Å²) in [6.45, 7) is 5.01. The molecule has 0 aliphatic rings. The quantitative estimate of drug-likeness (QED) is 0.364. The van der Waals surface area contributed by atoms with E-state index in [1.54, 1.807) is 0 Å². The molecule has 0 aromatic carbocycles. The summed E-state index contributed by atoms with van der Waals surface area (Å²) >= 11 is 0. The molecule has 6 heteroatoms. The second-order valence-electron chi connectivity index (χ2n) is 1.15. The van der Waals surface area contributed by atoms with Crippen LogP contribution in [0.15, 0.2) is 13.2 Å². The van der Waals surface area contributed by atoms with Crippen molar-refractivity contribution in [3.63, 3.8) is 0 Å². The molecule has 10 heavy (non-hydrogen) atoms. The van der Waals surface area contributed by atoms with Gasteiger partial charge in [-0.05, 0) is 0 Å². The zero-order valence-electron chi connectivity index (χ0n) is 5.27. The Morgan fingerprint density at radius 3 is 1.70 bits per heavy atom. The van der Waals surface area contributed by atoms with Crippen LogP contribution in [0.25, 0.3) is 0 Å². The Morgan fingerprint density at radius 1 is 1.40 bits per heavy atom. The van der Waals surface area contributed by atoms with Gasteiger partial charge in [-0.15, -0.1) is 13.2 Å². The Hall–Kier alpha value is -0.430. The van der Waals surface area contributed by atoms with Gasteiger partial charge in [-0.1, -0.05) is 0 Å². The Labute approximate surface area is 59.4 Å². The lowest BCUT2D eigenvalue weighted by Gasteiger charge is -1.99. The molecular weight excluding hydrogens is 160 g/mol. The minimum Gasteiger partial charge on any atom is -0.392 e. The Balaban J connectivity index is 0. The van der Waals surface area contributed by atoms with E-state index in [9.17, 15) is 8.42 Å². The zero-order chi connectivity index (χ0) is 8.78. The zero-order valence-corrected chi connectivity index (χ0v) is 6.08.